The largest absolute Gasteiger partial charge is 0.480 e. The van der Waals surface area contributed by atoms with E-state index in [1.54, 1.807) is 13.0 Å². The number of hydrogen-bond acceptors (Lipinski definition) is 4. The molecule has 0 aromatic carbocycles. The molecule has 2 unspecified atom stereocenters. The lowest BCUT2D eigenvalue weighted by molar-refractivity contribution is -0.137. The average Bonchev–Trinajstić information content (AvgIpc) is 2.67. The Labute approximate surface area is 107 Å². The second kappa shape index (κ2) is 4.93. The number of carboxylic acid groups (broad SMARTS) is 1. The summed E-state index contributed by atoms with van der Waals surface area (Å²) in [5, 5.41) is 11.2. The summed E-state index contributed by atoms with van der Waals surface area (Å²) in [7, 11) is 0. The SMILES string of the molecule is CC1=NC2C(F)=CC(C(=O)NCC(=O)O)=CC2S1. The van der Waals surface area contributed by atoms with Crippen molar-refractivity contribution in [2.45, 2.75) is 18.2 Å². The van der Waals surface area contributed by atoms with Crippen LogP contribution in [0.25, 0.3) is 0 Å². The first kappa shape index (κ1) is 12.8. The molecular formula is C11H11FN2O3S. The molecule has 1 heterocycles. The van der Waals surface area contributed by atoms with E-state index < -0.39 is 30.3 Å². The van der Waals surface area contributed by atoms with E-state index in [0.29, 0.717) is 0 Å². The van der Waals surface area contributed by atoms with Crippen LogP contribution in [0.4, 0.5) is 4.39 Å². The predicted octanol–water partition coefficient (Wildman–Crippen LogP) is 0.883. The molecular weight excluding hydrogens is 259 g/mol. The van der Waals surface area contributed by atoms with Crippen LogP contribution in [0.3, 0.4) is 0 Å². The average molecular weight is 270 g/mol. The highest BCUT2D eigenvalue weighted by Crippen LogP contribution is 2.36. The summed E-state index contributed by atoms with van der Waals surface area (Å²) in [5.41, 5.74) is 0.146. The first-order chi connectivity index (χ1) is 8.47. The van der Waals surface area contributed by atoms with Crippen LogP contribution < -0.4 is 5.32 Å². The third-order valence-electron chi connectivity index (χ3n) is 2.52. The Balaban J connectivity index is 2.10. The fraction of sp³-hybridized carbons (Fsp3) is 0.364. The molecule has 7 heteroatoms. The monoisotopic (exact) mass is 270 g/mol. The summed E-state index contributed by atoms with van der Waals surface area (Å²) in [4.78, 5) is 26.1. The van der Waals surface area contributed by atoms with Gasteiger partial charge in [-0.2, -0.15) is 0 Å². The number of nitrogens with one attached hydrogen (secondary N) is 1. The van der Waals surface area contributed by atoms with Gasteiger partial charge in [-0.1, -0.05) is 6.08 Å². The molecule has 2 atom stereocenters. The summed E-state index contributed by atoms with van der Waals surface area (Å²) in [6.45, 7) is 1.30. The number of carbonyl (C=O) groups excluding carboxylic acids is 1. The second-order valence-electron chi connectivity index (χ2n) is 3.90. The van der Waals surface area contributed by atoms with Gasteiger partial charge in [0.2, 0.25) is 0 Å². The Morgan fingerprint density at radius 3 is 3.00 bits per heavy atom. The summed E-state index contributed by atoms with van der Waals surface area (Å²) < 4.78 is 13.7. The number of carbonyl (C=O) groups is 2. The Morgan fingerprint density at radius 2 is 2.33 bits per heavy atom. The molecule has 2 N–H and O–H groups in total. The molecule has 2 aliphatic rings. The molecule has 96 valence electrons. The molecule has 0 saturated heterocycles. The Bertz CT molecular complexity index is 499. The fourth-order valence-electron chi connectivity index (χ4n) is 1.76. The number of halogens is 1. The zero-order valence-electron chi connectivity index (χ0n) is 9.51. The number of amides is 1. The molecule has 0 saturated carbocycles. The van der Waals surface area contributed by atoms with Crippen molar-refractivity contribution >= 4 is 28.7 Å². The van der Waals surface area contributed by atoms with Crippen molar-refractivity contribution in [2.24, 2.45) is 4.99 Å². The van der Waals surface area contributed by atoms with Gasteiger partial charge in [0.05, 0.1) is 10.3 Å². The molecule has 0 fully saturated rings. The molecule has 5 nitrogen and oxygen atoms in total. The van der Waals surface area contributed by atoms with Crippen LogP contribution in [0.5, 0.6) is 0 Å². The van der Waals surface area contributed by atoms with Crippen molar-refractivity contribution in [1.82, 2.24) is 5.32 Å². The van der Waals surface area contributed by atoms with Gasteiger partial charge in [0.15, 0.2) is 0 Å². The molecule has 0 radical (unpaired) electrons. The molecule has 0 spiro atoms. The molecule has 1 aliphatic heterocycles. The van der Waals surface area contributed by atoms with Crippen molar-refractivity contribution in [1.29, 1.82) is 0 Å². The molecule has 1 aliphatic carbocycles. The van der Waals surface area contributed by atoms with E-state index in [1.807, 2.05) is 0 Å². The highest BCUT2D eigenvalue weighted by molar-refractivity contribution is 8.14. The van der Waals surface area contributed by atoms with Gasteiger partial charge in [0.1, 0.15) is 18.4 Å². The third-order valence-corrected chi connectivity index (χ3v) is 3.63. The van der Waals surface area contributed by atoms with E-state index in [2.05, 4.69) is 10.3 Å². The summed E-state index contributed by atoms with van der Waals surface area (Å²) in [5.74, 6) is -2.19. The quantitative estimate of drug-likeness (QED) is 0.798. The molecule has 0 aromatic heterocycles. The van der Waals surface area contributed by atoms with Gasteiger partial charge in [0.25, 0.3) is 5.91 Å². The topological polar surface area (TPSA) is 78.8 Å². The van der Waals surface area contributed by atoms with Crippen LogP contribution in [0.1, 0.15) is 6.92 Å². The van der Waals surface area contributed by atoms with E-state index in [-0.39, 0.29) is 10.8 Å². The fourth-order valence-corrected chi connectivity index (χ4v) is 2.87. The standard InChI is InChI=1S/C11H11FN2O3S/c1-5-14-10-7(12)2-6(3-8(10)18-5)11(17)13-4-9(15)16/h2-3,8,10H,4H2,1H3,(H,13,17)(H,15,16). The maximum Gasteiger partial charge on any atom is 0.322 e. The lowest BCUT2D eigenvalue weighted by atomic mass is 10.0. The van der Waals surface area contributed by atoms with Crippen LogP contribution in [-0.2, 0) is 9.59 Å². The van der Waals surface area contributed by atoms with E-state index in [0.717, 1.165) is 11.1 Å². The van der Waals surface area contributed by atoms with Crippen molar-refractivity contribution in [2.75, 3.05) is 6.54 Å². The third kappa shape index (κ3) is 2.61. The second-order valence-corrected chi connectivity index (χ2v) is 5.27. The van der Waals surface area contributed by atoms with Crippen LogP contribution in [0, 0.1) is 0 Å². The zero-order chi connectivity index (χ0) is 13.3. The Morgan fingerprint density at radius 1 is 1.61 bits per heavy atom. The number of aliphatic imine (C=N–C) groups is 1. The van der Waals surface area contributed by atoms with Crippen LogP contribution in [0.15, 0.2) is 28.5 Å². The number of nitrogens with zero attached hydrogens (tertiary/aromatic N) is 1. The smallest absolute Gasteiger partial charge is 0.322 e. The number of aliphatic carboxylic acids is 1. The van der Waals surface area contributed by atoms with Crippen LogP contribution in [0.2, 0.25) is 0 Å². The normalized spacial score (nSPS) is 25.8. The summed E-state index contributed by atoms with van der Waals surface area (Å²) >= 11 is 1.40. The number of rotatable bonds is 3. The first-order valence-corrected chi connectivity index (χ1v) is 6.15. The minimum atomic E-state index is -1.14. The van der Waals surface area contributed by atoms with Gasteiger partial charge in [-0.3, -0.25) is 14.6 Å². The van der Waals surface area contributed by atoms with Crippen molar-refractivity contribution in [3.8, 4) is 0 Å². The maximum absolute atomic E-state index is 13.7. The summed E-state index contributed by atoms with van der Waals surface area (Å²) in [6, 6.07) is -0.550. The zero-order valence-corrected chi connectivity index (χ0v) is 10.3. The Kier molecular flexibility index (Phi) is 3.51. The highest BCUT2D eigenvalue weighted by Gasteiger charge is 2.34. The lowest BCUT2D eigenvalue weighted by Gasteiger charge is -2.18. The number of hydrogen-bond donors (Lipinski definition) is 2. The molecule has 1 amide bonds. The van der Waals surface area contributed by atoms with Crippen LogP contribution in [-0.4, -0.2) is 39.9 Å². The van der Waals surface area contributed by atoms with Crippen molar-refractivity contribution in [3.63, 3.8) is 0 Å². The minimum Gasteiger partial charge on any atom is -0.480 e. The molecule has 2 rings (SSSR count). The van der Waals surface area contributed by atoms with E-state index in [1.165, 1.54) is 11.8 Å². The number of fused-ring (bicyclic) bond motifs is 1. The van der Waals surface area contributed by atoms with E-state index in [4.69, 9.17) is 5.11 Å². The van der Waals surface area contributed by atoms with E-state index >= 15 is 0 Å². The van der Waals surface area contributed by atoms with Gasteiger partial charge in [-0.25, -0.2) is 4.39 Å². The summed E-state index contributed by atoms with van der Waals surface area (Å²) in [6.07, 6.45) is 2.73. The van der Waals surface area contributed by atoms with Gasteiger partial charge in [-0.15, -0.1) is 11.8 Å². The van der Waals surface area contributed by atoms with Crippen LogP contribution >= 0.6 is 11.8 Å². The van der Waals surface area contributed by atoms with Gasteiger partial charge >= 0.3 is 5.97 Å². The number of carboxylic acids is 1. The predicted molar refractivity (Wildman–Crippen MR) is 66.2 cm³/mol. The highest BCUT2D eigenvalue weighted by atomic mass is 32.2. The van der Waals surface area contributed by atoms with Gasteiger partial charge < -0.3 is 10.4 Å². The van der Waals surface area contributed by atoms with Crippen molar-refractivity contribution < 1.29 is 19.1 Å². The molecule has 18 heavy (non-hydrogen) atoms. The number of thioether (sulfide) groups is 1. The maximum atomic E-state index is 13.7. The lowest BCUT2D eigenvalue weighted by Crippen LogP contribution is -2.32. The molecule has 0 aromatic rings. The molecule has 0 bridgehead atoms. The minimum absolute atomic E-state index is 0.146. The first-order valence-electron chi connectivity index (χ1n) is 5.27. The van der Waals surface area contributed by atoms with E-state index in [9.17, 15) is 14.0 Å². The van der Waals surface area contributed by atoms with Gasteiger partial charge in [-0.05, 0) is 13.0 Å². The van der Waals surface area contributed by atoms with Gasteiger partial charge in [0, 0.05) is 5.57 Å². The Hall–Kier alpha value is -1.63. The van der Waals surface area contributed by atoms with Crippen molar-refractivity contribution in [3.05, 3.63) is 23.6 Å².